The second kappa shape index (κ2) is 8.31. The largest absolute Gasteiger partial charge is 0.468 e. The number of ether oxygens (including phenoxy) is 1. The molecule has 138 valence electrons. The van der Waals surface area contributed by atoms with Crippen LogP contribution in [-0.4, -0.2) is 35.3 Å². The molecule has 1 aromatic heterocycles. The van der Waals surface area contributed by atoms with Crippen LogP contribution in [0.2, 0.25) is 0 Å². The van der Waals surface area contributed by atoms with Crippen LogP contribution < -0.4 is 5.32 Å². The van der Waals surface area contributed by atoms with Crippen molar-refractivity contribution >= 4 is 11.9 Å². The number of benzene rings is 2. The summed E-state index contributed by atoms with van der Waals surface area (Å²) in [6.45, 7) is 2.36. The molecular formula is C21H21N3O3. The smallest absolute Gasteiger partial charge is 0.325 e. The second-order valence-corrected chi connectivity index (χ2v) is 6.20. The number of rotatable bonds is 6. The Hall–Kier alpha value is -3.41. The monoisotopic (exact) mass is 363 g/mol. The number of hydrogen-bond acceptors (Lipinski definition) is 4. The number of methoxy groups -OCH3 is 1. The van der Waals surface area contributed by atoms with Crippen LogP contribution in [0.25, 0.3) is 11.3 Å². The molecule has 6 nitrogen and oxygen atoms in total. The lowest BCUT2D eigenvalue weighted by molar-refractivity contribution is -0.139. The normalized spacial score (nSPS) is 10.4. The Bertz CT molecular complexity index is 931. The summed E-state index contributed by atoms with van der Waals surface area (Å²) in [5.74, 6) is -0.868. The number of hydrogen-bond donors (Lipinski definition) is 1. The molecule has 6 heteroatoms. The van der Waals surface area contributed by atoms with Gasteiger partial charge < -0.3 is 10.1 Å². The zero-order chi connectivity index (χ0) is 19.2. The van der Waals surface area contributed by atoms with Crippen molar-refractivity contribution in [2.75, 3.05) is 13.7 Å². The first-order valence-corrected chi connectivity index (χ1v) is 8.60. The first-order valence-electron chi connectivity index (χ1n) is 8.60. The first kappa shape index (κ1) is 18.4. The van der Waals surface area contributed by atoms with Crippen LogP contribution >= 0.6 is 0 Å². The number of carbonyl (C=O) groups excluding carboxylic acids is 2. The van der Waals surface area contributed by atoms with Gasteiger partial charge in [-0.1, -0.05) is 60.2 Å². The number of amides is 1. The van der Waals surface area contributed by atoms with E-state index < -0.39 is 5.97 Å². The van der Waals surface area contributed by atoms with E-state index in [0.29, 0.717) is 17.8 Å². The Labute approximate surface area is 157 Å². The Morgan fingerprint density at radius 3 is 2.44 bits per heavy atom. The fraction of sp³-hybridized carbons (Fsp3) is 0.190. The highest BCUT2D eigenvalue weighted by Crippen LogP contribution is 2.23. The van der Waals surface area contributed by atoms with Gasteiger partial charge in [0.2, 0.25) is 0 Å². The van der Waals surface area contributed by atoms with E-state index in [9.17, 15) is 9.59 Å². The van der Waals surface area contributed by atoms with Crippen LogP contribution in [-0.2, 0) is 16.1 Å². The van der Waals surface area contributed by atoms with Crippen molar-refractivity contribution in [1.82, 2.24) is 15.1 Å². The summed E-state index contributed by atoms with van der Waals surface area (Å²) >= 11 is 0. The summed E-state index contributed by atoms with van der Waals surface area (Å²) in [6, 6.07) is 17.7. The number of carbonyl (C=O) groups is 2. The average molecular weight is 363 g/mol. The van der Waals surface area contributed by atoms with Crippen LogP contribution in [0.4, 0.5) is 0 Å². The minimum Gasteiger partial charge on any atom is -0.468 e. The number of nitrogens with one attached hydrogen (secondary N) is 1. The lowest BCUT2D eigenvalue weighted by atomic mass is 10.1. The van der Waals surface area contributed by atoms with Gasteiger partial charge in [0.15, 0.2) is 0 Å². The molecule has 0 aliphatic rings. The molecule has 1 amide bonds. The minimum absolute atomic E-state index is 0.188. The van der Waals surface area contributed by atoms with E-state index in [0.717, 1.165) is 16.7 Å². The molecule has 0 saturated heterocycles. The molecule has 27 heavy (non-hydrogen) atoms. The highest BCUT2D eigenvalue weighted by atomic mass is 16.5. The van der Waals surface area contributed by atoms with E-state index in [1.54, 1.807) is 10.9 Å². The highest BCUT2D eigenvalue weighted by molar-refractivity contribution is 6.00. The van der Waals surface area contributed by atoms with Crippen LogP contribution in [0, 0.1) is 6.92 Å². The molecule has 1 N–H and O–H groups in total. The predicted octanol–water partition coefficient (Wildman–Crippen LogP) is 2.81. The van der Waals surface area contributed by atoms with Crippen LogP contribution in [0.15, 0.2) is 60.8 Å². The van der Waals surface area contributed by atoms with Gasteiger partial charge in [-0.3, -0.25) is 14.3 Å². The predicted molar refractivity (Wildman–Crippen MR) is 102 cm³/mol. The van der Waals surface area contributed by atoms with Crippen molar-refractivity contribution in [2.24, 2.45) is 0 Å². The SMILES string of the molecule is COC(=O)CNC(=O)c1cn(Cc2ccccc2)nc1-c1ccc(C)cc1. The number of aryl methyl sites for hydroxylation is 1. The van der Waals surface area contributed by atoms with Gasteiger partial charge in [-0.05, 0) is 12.5 Å². The van der Waals surface area contributed by atoms with Crippen molar-refractivity contribution < 1.29 is 14.3 Å². The molecule has 0 bridgehead atoms. The minimum atomic E-state index is -0.503. The van der Waals surface area contributed by atoms with Gasteiger partial charge in [0, 0.05) is 11.8 Å². The van der Waals surface area contributed by atoms with Crippen LogP contribution in [0.3, 0.4) is 0 Å². The summed E-state index contributed by atoms with van der Waals surface area (Å²) in [6.07, 6.45) is 1.70. The number of aromatic nitrogens is 2. The zero-order valence-corrected chi connectivity index (χ0v) is 15.3. The van der Waals surface area contributed by atoms with E-state index in [-0.39, 0.29) is 12.5 Å². The molecule has 0 saturated carbocycles. The van der Waals surface area contributed by atoms with E-state index in [1.807, 2.05) is 61.5 Å². The Kier molecular flexibility index (Phi) is 5.66. The van der Waals surface area contributed by atoms with Crippen LogP contribution in [0.1, 0.15) is 21.5 Å². The van der Waals surface area contributed by atoms with Crippen molar-refractivity contribution in [3.8, 4) is 11.3 Å². The van der Waals surface area contributed by atoms with Crippen molar-refractivity contribution in [2.45, 2.75) is 13.5 Å². The zero-order valence-electron chi connectivity index (χ0n) is 15.3. The highest BCUT2D eigenvalue weighted by Gasteiger charge is 2.19. The fourth-order valence-corrected chi connectivity index (χ4v) is 2.68. The molecule has 1 heterocycles. The summed E-state index contributed by atoms with van der Waals surface area (Å²) in [5.41, 5.74) is 4.04. The maximum absolute atomic E-state index is 12.6. The average Bonchev–Trinajstić information content (AvgIpc) is 3.11. The van der Waals surface area contributed by atoms with Crippen molar-refractivity contribution in [3.05, 3.63) is 77.5 Å². The quantitative estimate of drug-likeness (QED) is 0.684. The van der Waals surface area contributed by atoms with Gasteiger partial charge in [-0.25, -0.2) is 0 Å². The Morgan fingerprint density at radius 2 is 1.78 bits per heavy atom. The second-order valence-electron chi connectivity index (χ2n) is 6.20. The van der Waals surface area contributed by atoms with E-state index in [1.165, 1.54) is 7.11 Å². The fourth-order valence-electron chi connectivity index (χ4n) is 2.68. The molecule has 0 aliphatic carbocycles. The van der Waals surface area contributed by atoms with E-state index >= 15 is 0 Å². The molecule has 0 radical (unpaired) electrons. The Morgan fingerprint density at radius 1 is 1.07 bits per heavy atom. The maximum atomic E-state index is 12.6. The lowest BCUT2D eigenvalue weighted by Gasteiger charge is -2.04. The molecule has 0 unspecified atom stereocenters. The summed E-state index contributed by atoms with van der Waals surface area (Å²) in [4.78, 5) is 23.9. The lowest BCUT2D eigenvalue weighted by Crippen LogP contribution is -2.30. The van der Waals surface area contributed by atoms with Gasteiger partial charge in [-0.2, -0.15) is 5.10 Å². The van der Waals surface area contributed by atoms with Gasteiger partial charge >= 0.3 is 5.97 Å². The molecule has 0 fully saturated rings. The van der Waals surface area contributed by atoms with Gasteiger partial charge in [0.25, 0.3) is 5.91 Å². The molecule has 0 spiro atoms. The molecular weight excluding hydrogens is 342 g/mol. The maximum Gasteiger partial charge on any atom is 0.325 e. The van der Waals surface area contributed by atoms with E-state index in [2.05, 4.69) is 15.2 Å². The third-order valence-electron chi connectivity index (χ3n) is 4.14. The van der Waals surface area contributed by atoms with Gasteiger partial charge in [0.1, 0.15) is 12.2 Å². The van der Waals surface area contributed by atoms with Crippen molar-refractivity contribution in [3.63, 3.8) is 0 Å². The third kappa shape index (κ3) is 4.61. The molecule has 2 aromatic carbocycles. The summed E-state index contributed by atoms with van der Waals surface area (Å²) in [5, 5.41) is 7.19. The topological polar surface area (TPSA) is 73.2 Å². The Balaban J connectivity index is 1.92. The van der Waals surface area contributed by atoms with E-state index in [4.69, 9.17) is 0 Å². The standard InChI is InChI=1S/C21H21N3O3/c1-15-8-10-17(11-9-15)20-18(21(26)22-12-19(25)27-2)14-24(23-20)13-16-6-4-3-5-7-16/h3-11,14H,12-13H2,1-2H3,(H,22,26). The number of nitrogens with zero attached hydrogens (tertiary/aromatic N) is 2. The van der Waals surface area contributed by atoms with Gasteiger partial charge in [0.05, 0.1) is 19.2 Å². The summed E-state index contributed by atoms with van der Waals surface area (Å²) < 4.78 is 6.31. The summed E-state index contributed by atoms with van der Waals surface area (Å²) in [7, 11) is 1.28. The molecule has 0 aliphatic heterocycles. The molecule has 3 rings (SSSR count). The van der Waals surface area contributed by atoms with Crippen LogP contribution in [0.5, 0.6) is 0 Å². The first-order chi connectivity index (χ1) is 13.1. The third-order valence-corrected chi connectivity index (χ3v) is 4.14. The van der Waals surface area contributed by atoms with Crippen molar-refractivity contribution in [1.29, 1.82) is 0 Å². The van der Waals surface area contributed by atoms with Gasteiger partial charge in [-0.15, -0.1) is 0 Å². The molecule has 0 atom stereocenters. The molecule has 3 aromatic rings. The number of esters is 1.